The van der Waals surface area contributed by atoms with Crippen molar-refractivity contribution in [1.82, 2.24) is 10.2 Å². The molecule has 1 saturated carbocycles. The van der Waals surface area contributed by atoms with Gasteiger partial charge in [0.1, 0.15) is 5.60 Å². The summed E-state index contributed by atoms with van der Waals surface area (Å²) in [6, 6.07) is 1.72. The number of hydrogen-bond donors (Lipinski definition) is 1. The molecule has 4 aliphatic rings. The van der Waals surface area contributed by atoms with Gasteiger partial charge in [0.2, 0.25) is 0 Å². The van der Waals surface area contributed by atoms with E-state index in [1.807, 2.05) is 25.7 Å². The van der Waals surface area contributed by atoms with Crippen molar-refractivity contribution in [3.05, 3.63) is 0 Å². The van der Waals surface area contributed by atoms with E-state index < -0.39 is 5.60 Å². The van der Waals surface area contributed by atoms with Crippen molar-refractivity contribution in [3.63, 3.8) is 0 Å². The predicted molar refractivity (Wildman–Crippen MR) is 97.9 cm³/mol. The summed E-state index contributed by atoms with van der Waals surface area (Å²) in [4.78, 5) is 14.6. The average Bonchev–Trinajstić information content (AvgIpc) is 3.12. The Morgan fingerprint density at radius 2 is 1.58 bits per heavy atom. The summed E-state index contributed by atoms with van der Waals surface area (Å²) >= 11 is 0. The molecule has 3 heterocycles. The molecule has 2 atom stereocenters. The number of piperidine rings is 1. The largest absolute Gasteiger partial charge is 0.444 e. The van der Waals surface area contributed by atoms with Crippen LogP contribution in [0.3, 0.4) is 0 Å². The monoisotopic (exact) mass is 366 g/mol. The fourth-order valence-corrected chi connectivity index (χ4v) is 5.27. The van der Waals surface area contributed by atoms with Crippen molar-refractivity contribution in [2.75, 3.05) is 13.2 Å². The van der Waals surface area contributed by atoms with Gasteiger partial charge < -0.3 is 24.4 Å². The van der Waals surface area contributed by atoms with Crippen LogP contribution >= 0.6 is 0 Å². The van der Waals surface area contributed by atoms with Crippen molar-refractivity contribution in [1.29, 1.82) is 0 Å². The summed E-state index contributed by atoms with van der Waals surface area (Å²) < 4.78 is 17.3. The minimum Gasteiger partial charge on any atom is -0.444 e. The lowest BCUT2D eigenvalue weighted by molar-refractivity contribution is -0.180. The first-order valence-electron chi connectivity index (χ1n) is 10.4. The molecule has 0 radical (unpaired) electrons. The Labute approximate surface area is 156 Å². The van der Waals surface area contributed by atoms with Crippen LogP contribution in [0.15, 0.2) is 0 Å². The predicted octanol–water partition coefficient (Wildman–Crippen LogP) is 3.19. The summed E-state index contributed by atoms with van der Waals surface area (Å²) in [5, 5.41) is 3.88. The number of carbonyl (C=O) groups is 1. The van der Waals surface area contributed by atoms with E-state index in [0.717, 1.165) is 64.6 Å². The molecule has 4 rings (SSSR count). The first-order valence-corrected chi connectivity index (χ1v) is 10.4. The smallest absolute Gasteiger partial charge is 0.410 e. The Bertz CT molecular complexity index is 502. The Hall–Kier alpha value is -0.850. The third-order valence-corrected chi connectivity index (χ3v) is 6.37. The summed E-state index contributed by atoms with van der Waals surface area (Å²) in [7, 11) is 0. The molecule has 0 unspecified atom stereocenters. The summed E-state index contributed by atoms with van der Waals surface area (Å²) in [5.74, 6) is -0.280. The molecule has 26 heavy (non-hydrogen) atoms. The number of ether oxygens (including phenoxy) is 3. The van der Waals surface area contributed by atoms with Gasteiger partial charge in [0.15, 0.2) is 5.79 Å². The molecular weight excluding hydrogens is 332 g/mol. The molecule has 148 valence electrons. The summed E-state index contributed by atoms with van der Waals surface area (Å²) in [5.41, 5.74) is -0.423. The number of rotatable bonds is 2. The van der Waals surface area contributed by atoms with Gasteiger partial charge in [-0.1, -0.05) is 0 Å². The van der Waals surface area contributed by atoms with E-state index in [0.29, 0.717) is 24.2 Å². The van der Waals surface area contributed by atoms with Gasteiger partial charge in [0.05, 0.1) is 13.2 Å². The van der Waals surface area contributed by atoms with E-state index in [9.17, 15) is 4.79 Å². The van der Waals surface area contributed by atoms with E-state index in [1.165, 1.54) is 0 Å². The summed E-state index contributed by atoms with van der Waals surface area (Å²) in [6.07, 6.45) is 8.40. The van der Waals surface area contributed by atoms with Gasteiger partial charge >= 0.3 is 6.09 Å². The van der Waals surface area contributed by atoms with Crippen LogP contribution in [0.25, 0.3) is 0 Å². The minimum absolute atomic E-state index is 0.126. The van der Waals surface area contributed by atoms with Gasteiger partial charge in [0, 0.05) is 37.0 Å². The Morgan fingerprint density at radius 3 is 2.12 bits per heavy atom. The molecule has 2 bridgehead atoms. The molecule has 6 nitrogen and oxygen atoms in total. The highest BCUT2D eigenvalue weighted by atomic mass is 16.7. The minimum atomic E-state index is -0.423. The molecule has 1 amide bonds. The third-order valence-electron chi connectivity index (χ3n) is 6.37. The number of hydrogen-bond acceptors (Lipinski definition) is 5. The topological polar surface area (TPSA) is 60.0 Å². The summed E-state index contributed by atoms with van der Waals surface area (Å²) in [6.45, 7) is 7.30. The highest BCUT2D eigenvalue weighted by Crippen LogP contribution is 2.39. The molecule has 1 spiro atoms. The van der Waals surface area contributed by atoms with Gasteiger partial charge in [0.25, 0.3) is 0 Å². The molecule has 3 saturated heterocycles. The standard InChI is InChI=1S/C20H34N2O4/c1-19(2,3)26-18(23)22-16-4-5-17(22)13-15(12-16)21-14-6-8-20(9-7-14)24-10-11-25-20/h14-17,21H,4-13H2,1-3H3/t16-,17-/m0/s1. The fraction of sp³-hybridized carbons (Fsp3) is 0.950. The second-order valence-corrected chi connectivity index (χ2v) is 9.49. The maximum atomic E-state index is 12.6. The van der Waals surface area contributed by atoms with Crippen LogP contribution in [0.2, 0.25) is 0 Å². The average molecular weight is 367 g/mol. The Morgan fingerprint density at radius 1 is 1.00 bits per heavy atom. The number of nitrogens with zero attached hydrogens (tertiary/aromatic N) is 1. The van der Waals surface area contributed by atoms with E-state index >= 15 is 0 Å². The van der Waals surface area contributed by atoms with E-state index in [1.54, 1.807) is 0 Å². The SMILES string of the molecule is CC(C)(C)OC(=O)N1[C@H]2CC[C@H]1CC(NC1CCC3(CC1)OCCO3)C2. The lowest BCUT2D eigenvalue weighted by Crippen LogP contribution is -2.55. The molecule has 3 aliphatic heterocycles. The van der Waals surface area contributed by atoms with Crippen molar-refractivity contribution >= 4 is 6.09 Å². The van der Waals surface area contributed by atoms with Crippen LogP contribution in [-0.2, 0) is 14.2 Å². The van der Waals surface area contributed by atoms with Crippen LogP contribution in [0.4, 0.5) is 4.79 Å². The molecule has 1 aliphatic carbocycles. The normalized spacial score (nSPS) is 34.4. The van der Waals surface area contributed by atoms with E-state index in [4.69, 9.17) is 14.2 Å². The zero-order valence-corrected chi connectivity index (χ0v) is 16.5. The van der Waals surface area contributed by atoms with Crippen molar-refractivity contribution in [2.45, 2.75) is 108 Å². The van der Waals surface area contributed by atoms with Crippen LogP contribution < -0.4 is 5.32 Å². The molecule has 0 aromatic carbocycles. The maximum absolute atomic E-state index is 12.6. The van der Waals surface area contributed by atoms with Crippen molar-refractivity contribution in [2.24, 2.45) is 0 Å². The maximum Gasteiger partial charge on any atom is 0.410 e. The fourth-order valence-electron chi connectivity index (χ4n) is 5.27. The highest BCUT2D eigenvalue weighted by molar-refractivity contribution is 5.69. The highest BCUT2D eigenvalue weighted by Gasteiger charge is 2.46. The van der Waals surface area contributed by atoms with E-state index in [2.05, 4.69) is 5.32 Å². The zero-order chi connectivity index (χ0) is 18.4. The van der Waals surface area contributed by atoms with Crippen LogP contribution in [0.1, 0.15) is 72.1 Å². The van der Waals surface area contributed by atoms with Gasteiger partial charge in [-0.2, -0.15) is 0 Å². The van der Waals surface area contributed by atoms with Gasteiger partial charge in [-0.25, -0.2) is 4.79 Å². The van der Waals surface area contributed by atoms with Crippen LogP contribution in [0.5, 0.6) is 0 Å². The lowest BCUT2D eigenvalue weighted by atomic mass is 9.88. The van der Waals surface area contributed by atoms with Gasteiger partial charge in [-0.15, -0.1) is 0 Å². The molecule has 1 N–H and O–H groups in total. The molecule has 6 heteroatoms. The van der Waals surface area contributed by atoms with Crippen LogP contribution in [0, 0.1) is 0 Å². The number of carbonyl (C=O) groups excluding carboxylic acids is 1. The third kappa shape index (κ3) is 3.87. The van der Waals surface area contributed by atoms with E-state index in [-0.39, 0.29) is 11.9 Å². The number of amides is 1. The Balaban J connectivity index is 1.28. The van der Waals surface area contributed by atoms with Gasteiger partial charge in [-0.05, 0) is 59.3 Å². The first-order chi connectivity index (χ1) is 12.3. The first kappa shape index (κ1) is 18.5. The molecular formula is C20H34N2O4. The number of nitrogens with one attached hydrogen (secondary N) is 1. The van der Waals surface area contributed by atoms with Gasteiger partial charge in [-0.3, -0.25) is 0 Å². The molecule has 4 fully saturated rings. The van der Waals surface area contributed by atoms with Crippen LogP contribution in [-0.4, -0.2) is 59.8 Å². The molecule has 0 aromatic rings. The zero-order valence-electron chi connectivity index (χ0n) is 16.5. The lowest BCUT2D eigenvalue weighted by Gasteiger charge is -2.42. The molecule has 0 aromatic heterocycles. The second kappa shape index (κ2) is 6.95. The quantitative estimate of drug-likeness (QED) is 0.813. The number of fused-ring (bicyclic) bond motifs is 2. The van der Waals surface area contributed by atoms with Crippen molar-refractivity contribution < 1.29 is 19.0 Å². The van der Waals surface area contributed by atoms with Crippen molar-refractivity contribution in [3.8, 4) is 0 Å². The second-order valence-electron chi connectivity index (χ2n) is 9.49. The Kier molecular flexibility index (Phi) is 4.95.